The summed E-state index contributed by atoms with van der Waals surface area (Å²) in [6, 6.07) is 0. The molecular formula is C30H41ClO12. The van der Waals surface area contributed by atoms with Crippen molar-refractivity contribution in [3.63, 3.8) is 0 Å². The number of carbonyl (C=O) groups is 5. The largest absolute Gasteiger partial charge is 0.462 e. The smallest absolute Gasteiger partial charge is 0.312 e. The molecule has 43 heavy (non-hydrogen) atoms. The number of ether oxygens (including phenoxy) is 5. The third-order valence-corrected chi connectivity index (χ3v) is 9.43. The lowest BCUT2D eigenvalue weighted by Crippen LogP contribution is -2.74. The highest BCUT2D eigenvalue weighted by Crippen LogP contribution is 2.58. The van der Waals surface area contributed by atoms with Crippen LogP contribution in [0.15, 0.2) is 24.3 Å². The maximum Gasteiger partial charge on any atom is 0.312 e. The van der Waals surface area contributed by atoms with Crippen LogP contribution in [-0.2, 0) is 47.7 Å². The van der Waals surface area contributed by atoms with Crippen molar-refractivity contribution < 1.29 is 57.9 Å². The summed E-state index contributed by atoms with van der Waals surface area (Å²) in [5.74, 6) is -6.81. The number of hydrogen-bond acceptors (Lipinski definition) is 12. The van der Waals surface area contributed by atoms with Crippen LogP contribution in [0.3, 0.4) is 0 Å². The molecule has 0 aromatic rings. The second kappa shape index (κ2) is 12.6. The zero-order chi connectivity index (χ0) is 32.7. The van der Waals surface area contributed by atoms with Crippen LogP contribution in [0.5, 0.6) is 0 Å². The van der Waals surface area contributed by atoms with E-state index in [0.717, 1.165) is 20.8 Å². The van der Waals surface area contributed by atoms with Crippen molar-refractivity contribution in [1.82, 2.24) is 0 Å². The molecule has 0 radical (unpaired) electrons. The Balaban J connectivity index is 2.47. The normalized spacial score (nSPS) is 41.5. The van der Waals surface area contributed by atoms with E-state index in [1.807, 2.05) is 0 Å². The van der Waals surface area contributed by atoms with E-state index in [1.165, 1.54) is 32.9 Å². The molecule has 0 amide bonds. The summed E-state index contributed by atoms with van der Waals surface area (Å²) in [4.78, 5) is 63.4. The predicted molar refractivity (Wildman–Crippen MR) is 150 cm³/mol. The van der Waals surface area contributed by atoms with Crippen molar-refractivity contribution >= 4 is 41.4 Å². The molecule has 12 nitrogen and oxygen atoms in total. The summed E-state index contributed by atoms with van der Waals surface area (Å²) < 4.78 is 28.6. The summed E-state index contributed by atoms with van der Waals surface area (Å²) in [5.41, 5.74) is -6.11. The molecule has 2 fully saturated rings. The van der Waals surface area contributed by atoms with Crippen LogP contribution in [0.2, 0.25) is 0 Å². The minimum absolute atomic E-state index is 0.0142. The summed E-state index contributed by atoms with van der Waals surface area (Å²) in [6.07, 6.45) is -4.23. The third kappa shape index (κ3) is 6.19. The standard InChI is InChI=1S/C30H41ClO12/c1-9-10-22(35)42-21-13-20(40-17(5)33)28(7)19(39-16(4)32)12-11-14(2)23(31)25-30(38,15(3)27(36)43-25)26(41-18(6)34)24(28)29(21,8)37/h11-12,15,19-21,23-26,37-38H,2,9-10,13H2,1,3-8H3/b12-11-/t15-,19-,20-,21+,23-,24+,25-,26-,28-,29+,30-/m0/s1. The molecular weight excluding hydrogens is 588 g/mol. The highest BCUT2D eigenvalue weighted by molar-refractivity contribution is 6.23. The van der Waals surface area contributed by atoms with E-state index in [0.29, 0.717) is 6.42 Å². The first kappa shape index (κ1) is 34.5. The summed E-state index contributed by atoms with van der Waals surface area (Å²) >= 11 is 6.72. The van der Waals surface area contributed by atoms with E-state index < -0.39 is 94.2 Å². The lowest BCUT2D eigenvalue weighted by molar-refractivity contribution is -0.288. The van der Waals surface area contributed by atoms with Crippen LogP contribution in [0, 0.1) is 17.3 Å². The molecule has 3 aliphatic rings. The Kier molecular flexibility index (Phi) is 10.1. The number of halogens is 1. The highest BCUT2D eigenvalue weighted by Gasteiger charge is 2.73. The maximum absolute atomic E-state index is 13.0. The van der Waals surface area contributed by atoms with Crippen molar-refractivity contribution in [3.05, 3.63) is 24.3 Å². The van der Waals surface area contributed by atoms with E-state index in [1.54, 1.807) is 6.92 Å². The molecule has 1 heterocycles. The zero-order valence-electron chi connectivity index (χ0n) is 25.5. The third-order valence-electron chi connectivity index (χ3n) is 8.92. The quantitative estimate of drug-likeness (QED) is 0.250. The fourth-order valence-corrected chi connectivity index (χ4v) is 7.12. The molecule has 2 aliphatic carbocycles. The Morgan fingerprint density at radius 2 is 1.60 bits per heavy atom. The van der Waals surface area contributed by atoms with Gasteiger partial charge in [-0.1, -0.05) is 26.5 Å². The molecule has 240 valence electrons. The van der Waals surface area contributed by atoms with Gasteiger partial charge >= 0.3 is 29.8 Å². The highest BCUT2D eigenvalue weighted by atomic mass is 35.5. The molecule has 0 bridgehead atoms. The fraction of sp³-hybridized carbons (Fsp3) is 0.700. The van der Waals surface area contributed by atoms with Gasteiger partial charge in [0.25, 0.3) is 0 Å². The lowest BCUT2D eigenvalue weighted by Gasteiger charge is -2.60. The van der Waals surface area contributed by atoms with Crippen molar-refractivity contribution in [2.24, 2.45) is 17.3 Å². The molecule has 13 heteroatoms. The first-order chi connectivity index (χ1) is 19.8. The molecule has 2 N–H and O–H groups in total. The first-order valence-electron chi connectivity index (χ1n) is 14.2. The van der Waals surface area contributed by atoms with Gasteiger partial charge in [-0.2, -0.15) is 0 Å². The minimum Gasteiger partial charge on any atom is -0.462 e. The molecule has 0 unspecified atom stereocenters. The molecule has 0 aromatic carbocycles. The summed E-state index contributed by atoms with van der Waals surface area (Å²) in [5, 5.41) is 23.7. The Labute approximate surface area is 255 Å². The van der Waals surface area contributed by atoms with Gasteiger partial charge in [-0.25, -0.2) is 0 Å². The van der Waals surface area contributed by atoms with Crippen LogP contribution < -0.4 is 0 Å². The Bertz CT molecular complexity index is 1200. The molecule has 0 spiro atoms. The van der Waals surface area contributed by atoms with Gasteiger partial charge in [-0.15, -0.1) is 11.6 Å². The van der Waals surface area contributed by atoms with Gasteiger partial charge in [0, 0.05) is 39.5 Å². The van der Waals surface area contributed by atoms with Gasteiger partial charge < -0.3 is 33.9 Å². The Morgan fingerprint density at radius 1 is 1.02 bits per heavy atom. The number of carbonyl (C=O) groups excluding carboxylic acids is 5. The lowest BCUT2D eigenvalue weighted by atomic mass is 9.51. The molecule has 1 saturated carbocycles. The van der Waals surface area contributed by atoms with E-state index in [2.05, 4.69) is 6.58 Å². The van der Waals surface area contributed by atoms with Crippen LogP contribution in [0.4, 0.5) is 0 Å². The zero-order valence-corrected chi connectivity index (χ0v) is 26.2. The maximum atomic E-state index is 13.0. The number of fused-ring (bicyclic) bond motifs is 2. The van der Waals surface area contributed by atoms with E-state index in [-0.39, 0.29) is 18.4 Å². The number of rotatable bonds is 6. The first-order valence-corrected chi connectivity index (χ1v) is 14.6. The van der Waals surface area contributed by atoms with Gasteiger partial charge in [0.05, 0.1) is 16.7 Å². The average Bonchev–Trinajstić information content (AvgIpc) is 3.11. The Morgan fingerprint density at radius 3 is 2.14 bits per heavy atom. The molecule has 1 aliphatic heterocycles. The number of esters is 5. The minimum atomic E-state index is -2.41. The van der Waals surface area contributed by atoms with Crippen molar-refractivity contribution in [2.45, 2.75) is 115 Å². The second-order valence-corrected chi connectivity index (χ2v) is 12.5. The predicted octanol–water partition coefficient (Wildman–Crippen LogP) is 2.30. The van der Waals surface area contributed by atoms with Crippen LogP contribution >= 0.6 is 11.6 Å². The molecule has 0 aromatic heterocycles. The average molecular weight is 629 g/mol. The van der Waals surface area contributed by atoms with Gasteiger partial charge in [-0.05, 0) is 31.9 Å². The summed E-state index contributed by atoms with van der Waals surface area (Å²) in [7, 11) is 0. The van der Waals surface area contributed by atoms with E-state index in [9.17, 15) is 34.2 Å². The van der Waals surface area contributed by atoms with Gasteiger partial charge in [-0.3, -0.25) is 24.0 Å². The van der Waals surface area contributed by atoms with E-state index >= 15 is 0 Å². The monoisotopic (exact) mass is 628 g/mol. The number of aliphatic hydroxyl groups is 2. The summed E-state index contributed by atoms with van der Waals surface area (Å²) in [6.45, 7) is 13.3. The molecule has 1 saturated heterocycles. The second-order valence-electron chi connectivity index (χ2n) is 12.0. The number of allylic oxidation sites excluding steroid dienone is 1. The van der Waals surface area contributed by atoms with Crippen molar-refractivity contribution in [2.75, 3.05) is 0 Å². The number of hydrogen-bond donors (Lipinski definition) is 2. The van der Waals surface area contributed by atoms with Gasteiger partial charge in [0.2, 0.25) is 0 Å². The van der Waals surface area contributed by atoms with Crippen molar-refractivity contribution in [3.8, 4) is 0 Å². The van der Waals surface area contributed by atoms with E-state index in [4.69, 9.17) is 35.3 Å². The van der Waals surface area contributed by atoms with Crippen LogP contribution in [0.25, 0.3) is 0 Å². The number of alkyl halides is 1. The van der Waals surface area contributed by atoms with Gasteiger partial charge in [0.1, 0.15) is 30.0 Å². The topological polar surface area (TPSA) is 172 Å². The molecule has 3 rings (SSSR count). The van der Waals surface area contributed by atoms with Crippen molar-refractivity contribution in [1.29, 1.82) is 0 Å². The Hall–Kier alpha value is -2.96. The van der Waals surface area contributed by atoms with Crippen LogP contribution in [0.1, 0.15) is 67.7 Å². The SMILES string of the molecule is C=C1/C=C\[C@H](OC(C)=O)[C@@]2(C)[C@@H](OC(C)=O)C[C@@H](OC(=O)CCC)[C@@](C)(O)[C@@H]2[C@H](OC(C)=O)[C@]2(O)[C@@H](C)C(=O)O[C@H]2[C@H]1Cl. The fourth-order valence-electron chi connectivity index (χ4n) is 6.79. The van der Waals surface area contributed by atoms with Gasteiger partial charge in [0.15, 0.2) is 11.7 Å². The molecule has 11 atom stereocenters. The van der Waals surface area contributed by atoms with Crippen LogP contribution in [-0.4, -0.2) is 87.2 Å².